The molecule has 0 aliphatic carbocycles. The molecule has 0 spiro atoms. The molecule has 132 valence electrons. The minimum absolute atomic E-state index is 0.266. The maximum atomic E-state index is 13.3. The van der Waals surface area contributed by atoms with E-state index in [9.17, 15) is 9.18 Å². The Kier molecular flexibility index (Phi) is 4.30. The van der Waals surface area contributed by atoms with E-state index in [4.69, 9.17) is 9.52 Å². The summed E-state index contributed by atoms with van der Waals surface area (Å²) in [6.45, 7) is 0. The molecule has 3 nitrogen and oxygen atoms in total. The van der Waals surface area contributed by atoms with Crippen molar-refractivity contribution in [2.45, 2.75) is 0 Å². The van der Waals surface area contributed by atoms with Crippen LogP contribution in [-0.4, -0.2) is 11.1 Å². The quantitative estimate of drug-likeness (QED) is 0.448. The molecular weight excluding hydrogens is 343 g/mol. The highest BCUT2D eigenvalue weighted by Gasteiger charge is 2.07. The summed E-state index contributed by atoms with van der Waals surface area (Å²) in [6.07, 6.45) is 3.87. The summed E-state index contributed by atoms with van der Waals surface area (Å²) in [5.74, 6) is -0.531. The number of hydrogen-bond donors (Lipinski definition) is 1. The van der Waals surface area contributed by atoms with Crippen LogP contribution in [0, 0.1) is 5.82 Å². The lowest BCUT2D eigenvalue weighted by molar-refractivity contribution is 0.0697. The Labute approximate surface area is 155 Å². The lowest BCUT2D eigenvalue weighted by Gasteiger charge is -1.99. The van der Waals surface area contributed by atoms with Gasteiger partial charge in [0.25, 0.3) is 0 Å². The van der Waals surface area contributed by atoms with Crippen LogP contribution in [-0.2, 0) is 0 Å². The van der Waals surface area contributed by atoms with Crippen LogP contribution in [0.1, 0.15) is 21.5 Å². The summed E-state index contributed by atoms with van der Waals surface area (Å²) in [5.41, 5.74) is 3.75. The van der Waals surface area contributed by atoms with E-state index in [-0.39, 0.29) is 11.4 Å². The molecule has 0 saturated heterocycles. The second-order valence-electron chi connectivity index (χ2n) is 6.18. The van der Waals surface area contributed by atoms with Crippen LogP contribution in [0.5, 0.6) is 0 Å². The first-order valence-corrected chi connectivity index (χ1v) is 8.39. The molecule has 0 aliphatic heterocycles. The van der Waals surface area contributed by atoms with Crippen molar-refractivity contribution < 1.29 is 18.7 Å². The lowest BCUT2D eigenvalue weighted by atomic mass is 10.1. The minimum Gasteiger partial charge on any atom is -0.478 e. The summed E-state index contributed by atoms with van der Waals surface area (Å²) < 4.78 is 19.1. The van der Waals surface area contributed by atoms with Crippen molar-refractivity contribution in [3.8, 4) is 11.3 Å². The average Bonchev–Trinajstić information content (AvgIpc) is 3.10. The molecule has 0 amide bonds. The summed E-state index contributed by atoms with van der Waals surface area (Å²) in [4.78, 5) is 10.9. The van der Waals surface area contributed by atoms with E-state index in [1.165, 1.54) is 12.1 Å². The van der Waals surface area contributed by atoms with Gasteiger partial charge in [-0.3, -0.25) is 0 Å². The van der Waals surface area contributed by atoms with Gasteiger partial charge in [-0.1, -0.05) is 48.6 Å². The molecule has 1 N–H and O–H groups in total. The van der Waals surface area contributed by atoms with Crippen molar-refractivity contribution in [3.05, 3.63) is 95.3 Å². The fourth-order valence-corrected chi connectivity index (χ4v) is 2.84. The number of fused-ring (bicyclic) bond motifs is 1. The zero-order valence-electron chi connectivity index (χ0n) is 14.2. The van der Waals surface area contributed by atoms with E-state index in [0.29, 0.717) is 11.3 Å². The van der Waals surface area contributed by atoms with Gasteiger partial charge in [0.05, 0.1) is 5.56 Å². The Bertz CT molecular complexity index is 1140. The fourth-order valence-electron chi connectivity index (χ4n) is 2.84. The van der Waals surface area contributed by atoms with Crippen LogP contribution < -0.4 is 0 Å². The molecule has 27 heavy (non-hydrogen) atoms. The number of hydrogen-bond acceptors (Lipinski definition) is 2. The van der Waals surface area contributed by atoms with Gasteiger partial charge >= 0.3 is 5.97 Å². The van der Waals surface area contributed by atoms with E-state index < -0.39 is 5.97 Å². The van der Waals surface area contributed by atoms with E-state index in [0.717, 1.165) is 22.1 Å². The minimum atomic E-state index is -0.936. The van der Waals surface area contributed by atoms with Crippen molar-refractivity contribution >= 4 is 29.1 Å². The summed E-state index contributed by atoms with van der Waals surface area (Å²) >= 11 is 0. The van der Waals surface area contributed by atoms with Crippen molar-refractivity contribution in [2.75, 3.05) is 0 Å². The first-order valence-electron chi connectivity index (χ1n) is 8.39. The van der Waals surface area contributed by atoms with E-state index in [1.54, 1.807) is 30.3 Å². The number of furan rings is 1. The number of rotatable bonds is 4. The molecule has 4 rings (SSSR count). The standard InChI is InChI=1S/C23H15FO3/c24-20-11-12-21-19(13-20)14-22(27-21)17-7-3-15(4-8-17)1-2-16-5-9-18(10-6-16)23(25)26/h1-14H,(H,25,26). The van der Waals surface area contributed by atoms with E-state index in [2.05, 4.69) is 0 Å². The predicted molar refractivity (Wildman–Crippen MR) is 104 cm³/mol. The Hall–Kier alpha value is -3.66. The third-order valence-electron chi connectivity index (χ3n) is 4.30. The Morgan fingerprint density at radius 2 is 1.48 bits per heavy atom. The van der Waals surface area contributed by atoms with E-state index >= 15 is 0 Å². The number of aromatic carboxylic acids is 1. The molecule has 0 saturated carbocycles. The van der Waals surface area contributed by atoms with Crippen LogP contribution in [0.25, 0.3) is 34.4 Å². The van der Waals surface area contributed by atoms with Crippen LogP contribution in [0.3, 0.4) is 0 Å². The molecule has 0 fully saturated rings. The first kappa shape index (κ1) is 16.8. The average molecular weight is 358 g/mol. The van der Waals surface area contributed by atoms with Crippen molar-refractivity contribution in [3.63, 3.8) is 0 Å². The fraction of sp³-hybridized carbons (Fsp3) is 0. The maximum absolute atomic E-state index is 13.3. The smallest absolute Gasteiger partial charge is 0.335 e. The number of carboxylic acid groups (broad SMARTS) is 1. The zero-order chi connectivity index (χ0) is 18.8. The highest BCUT2D eigenvalue weighted by Crippen LogP contribution is 2.28. The number of benzene rings is 3. The Balaban J connectivity index is 1.53. The summed E-state index contributed by atoms with van der Waals surface area (Å²) in [6, 6.07) is 20.8. The zero-order valence-corrected chi connectivity index (χ0v) is 14.2. The predicted octanol–water partition coefficient (Wildman–Crippen LogP) is 6.11. The molecule has 0 unspecified atom stereocenters. The molecule has 1 aromatic heterocycles. The normalized spacial score (nSPS) is 11.3. The first-order chi connectivity index (χ1) is 13.1. The SMILES string of the molecule is O=C(O)c1ccc(C=Cc2ccc(-c3cc4cc(F)ccc4o3)cc2)cc1. The second-order valence-corrected chi connectivity index (χ2v) is 6.18. The van der Waals surface area contributed by atoms with Gasteiger partial charge < -0.3 is 9.52 Å². The molecular formula is C23H15FO3. The molecule has 0 radical (unpaired) electrons. The highest BCUT2D eigenvalue weighted by molar-refractivity contribution is 5.88. The summed E-state index contributed by atoms with van der Waals surface area (Å²) in [5, 5.41) is 9.65. The lowest BCUT2D eigenvalue weighted by Crippen LogP contribution is -1.94. The second kappa shape index (κ2) is 6.92. The van der Waals surface area contributed by atoms with Gasteiger partial charge in [0.1, 0.15) is 17.2 Å². The molecule has 4 aromatic rings. The molecule has 0 bridgehead atoms. The molecule has 4 heteroatoms. The molecule has 0 atom stereocenters. The topological polar surface area (TPSA) is 50.4 Å². The maximum Gasteiger partial charge on any atom is 0.335 e. The number of carbonyl (C=O) groups is 1. The Morgan fingerprint density at radius 3 is 2.11 bits per heavy atom. The largest absolute Gasteiger partial charge is 0.478 e. The van der Waals surface area contributed by atoms with Gasteiger partial charge in [0.15, 0.2) is 0 Å². The van der Waals surface area contributed by atoms with Gasteiger partial charge in [-0.05, 0) is 47.5 Å². The summed E-state index contributed by atoms with van der Waals surface area (Å²) in [7, 11) is 0. The van der Waals surface area contributed by atoms with Crippen LogP contribution >= 0.6 is 0 Å². The van der Waals surface area contributed by atoms with Crippen LogP contribution in [0.2, 0.25) is 0 Å². The number of carboxylic acids is 1. The van der Waals surface area contributed by atoms with Gasteiger partial charge in [-0.15, -0.1) is 0 Å². The molecule has 0 aliphatic rings. The monoisotopic (exact) mass is 358 g/mol. The van der Waals surface area contributed by atoms with Crippen molar-refractivity contribution in [1.29, 1.82) is 0 Å². The third-order valence-corrected chi connectivity index (χ3v) is 4.30. The van der Waals surface area contributed by atoms with Crippen molar-refractivity contribution in [2.24, 2.45) is 0 Å². The van der Waals surface area contributed by atoms with Gasteiger partial charge in [0.2, 0.25) is 0 Å². The highest BCUT2D eigenvalue weighted by atomic mass is 19.1. The van der Waals surface area contributed by atoms with Crippen molar-refractivity contribution in [1.82, 2.24) is 0 Å². The van der Waals surface area contributed by atoms with E-state index in [1.807, 2.05) is 42.5 Å². The van der Waals surface area contributed by atoms with Crippen LogP contribution in [0.15, 0.2) is 77.2 Å². The third kappa shape index (κ3) is 3.65. The van der Waals surface area contributed by atoms with Gasteiger partial charge in [-0.2, -0.15) is 0 Å². The van der Waals surface area contributed by atoms with Gasteiger partial charge in [-0.25, -0.2) is 9.18 Å². The molecule has 1 heterocycles. The Morgan fingerprint density at radius 1 is 0.852 bits per heavy atom. The van der Waals surface area contributed by atoms with Gasteiger partial charge in [0, 0.05) is 10.9 Å². The van der Waals surface area contributed by atoms with Crippen LogP contribution in [0.4, 0.5) is 4.39 Å². The number of halogens is 1. The molecule has 3 aromatic carbocycles.